The zero-order valence-corrected chi connectivity index (χ0v) is 23.4. The van der Waals surface area contributed by atoms with Gasteiger partial charge in [0.15, 0.2) is 9.75 Å². The Kier molecular flexibility index (Phi) is 10.4. The van der Waals surface area contributed by atoms with E-state index >= 15 is 0 Å². The molecule has 3 rings (SSSR count). The van der Waals surface area contributed by atoms with E-state index in [0.717, 1.165) is 74.0 Å². The van der Waals surface area contributed by atoms with E-state index in [-0.39, 0.29) is 21.3 Å². The molecule has 0 aliphatic carbocycles. The van der Waals surface area contributed by atoms with Crippen molar-refractivity contribution in [3.05, 3.63) is 21.9 Å². The molecule has 2 heterocycles. The van der Waals surface area contributed by atoms with Gasteiger partial charge in [0.1, 0.15) is 11.5 Å². The van der Waals surface area contributed by atoms with Crippen molar-refractivity contribution in [3.63, 3.8) is 0 Å². The molecule has 0 bridgehead atoms. The Morgan fingerprint density at radius 1 is 0.750 bits per heavy atom. The molecule has 0 radical (unpaired) electrons. The van der Waals surface area contributed by atoms with Gasteiger partial charge >= 0.3 is 11.9 Å². The van der Waals surface area contributed by atoms with Crippen molar-refractivity contribution >= 4 is 54.8 Å². The van der Waals surface area contributed by atoms with E-state index in [1.165, 1.54) is 0 Å². The van der Waals surface area contributed by atoms with E-state index < -0.39 is 11.9 Å². The van der Waals surface area contributed by atoms with Crippen molar-refractivity contribution in [3.8, 4) is 11.5 Å². The lowest BCUT2D eigenvalue weighted by molar-refractivity contribution is 0.0422. The molecule has 2 aromatic heterocycles. The van der Waals surface area contributed by atoms with Crippen LogP contribution in [0, 0.1) is 11.8 Å². The number of aromatic hydroxyl groups is 2. The molecule has 0 amide bonds. The van der Waals surface area contributed by atoms with Crippen LogP contribution in [0.5, 0.6) is 11.5 Å². The first-order valence-corrected chi connectivity index (χ1v) is 14.7. The highest BCUT2D eigenvalue weighted by atomic mass is 32.1. The first-order valence-electron chi connectivity index (χ1n) is 13.1. The van der Waals surface area contributed by atoms with Crippen molar-refractivity contribution < 1.29 is 29.3 Å². The average Bonchev–Trinajstić information content (AvgIpc) is 3.38. The van der Waals surface area contributed by atoms with Gasteiger partial charge in [-0.2, -0.15) is 0 Å². The van der Waals surface area contributed by atoms with Crippen LogP contribution >= 0.6 is 22.7 Å². The summed E-state index contributed by atoms with van der Waals surface area (Å²) in [4.78, 5) is 25.7. The molecule has 1 aromatic carbocycles. The zero-order chi connectivity index (χ0) is 26.2. The molecule has 0 saturated carbocycles. The number of ether oxygens (including phenoxy) is 2. The minimum atomic E-state index is -0.533. The third-order valence-corrected chi connectivity index (χ3v) is 9.05. The Morgan fingerprint density at radius 2 is 1.14 bits per heavy atom. The Labute approximate surface area is 221 Å². The number of carbonyl (C=O) groups excluding carboxylic acids is 2. The molecule has 2 unspecified atom stereocenters. The minimum Gasteiger partial charge on any atom is -0.505 e. The molecule has 198 valence electrons. The van der Waals surface area contributed by atoms with Gasteiger partial charge in [-0.15, -0.1) is 22.7 Å². The Bertz CT molecular complexity index is 1090. The summed E-state index contributed by atoms with van der Waals surface area (Å²) >= 11 is 2.26. The summed E-state index contributed by atoms with van der Waals surface area (Å²) in [5.74, 6) is -0.692. The quantitative estimate of drug-likeness (QED) is 0.202. The Morgan fingerprint density at radius 3 is 1.47 bits per heavy atom. The van der Waals surface area contributed by atoms with Gasteiger partial charge in [0, 0.05) is 20.2 Å². The zero-order valence-electron chi connectivity index (χ0n) is 21.7. The topological polar surface area (TPSA) is 93.1 Å². The van der Waals surface area contributed by atoms with Gasteiger partial charge in [-0.25, -0.2) is 9.59 Å². The first-order chi connectivity index (χ1) is 17.3. The summed E-state index contributed by atoms with van der Waals surface area (Å²) in [5.41, 5.74) is 0. The maximum atomic E-state index is 12.7. The second-order valence-electron chi connectivity index (χ2n) is 9.43. The van der Waals surface area contributed by atoms with Crippen LogP contribution in [0.25, 0.3) is 20.2 Å². The highest BCUT2D eigenvalue weighted by Crippen LogP contribution is 2.45. The summed E-state index contributed by atoms with van der Waals surface area (Å²) in [6.45, 7) is 9.12. The number of unbranched alkanes of at least 4 members (excludes halogenated alkanes) is 2. The van der Waals surface area contributed by atoms with Crippen molar-refractivity contribution in [1.82, 2.24) is 0 Å². The maximum Gasteiger partial charge on any atom is 0.352 e. The molecule has 3 aromatic rings. The van der Waals surface area contributed by atoms with Gasteiger partial charge in [0.2, 0.25) is 0 Å². The molecule has 6 nitrogen and oxygen atoms in total. The largest absolute Gasteiger partial charge is 0.505 e. The lowest BCUT2D eigenvalue weighted by Crippen LogP contribution is -2.13. The number of fused-ring (bicyclic) bond motifs is 2. The Balaban J connectivity index is 1.77. The van der Waals surface area contributed by atoms with Gasteiger partial charge < -0.3 is 19.7 Å². The van der Waals surface area contributed by atoms with E-state index in [1.54, 1.807) is 12.1 Å². The van der Waals surface area contributed by atoms with Crippen molar-refractivity contribution in [2.24, 2.45) is 11.8 Å². The number of benzene rings is 1. The van der Waals surface area contributed by atoms with Gasteiger partial charge in [-0.3, -0.25) is 0 Å². The fraction of sp³-hybridized carbons (Fsp3) is 0.571. The summed E-state index contributed by atoms with van der Waals surface area (Å²) < 4.78 is 12.3. The lowest BCUT2D eigenvalue weighted by atomic mass is 10.0. The van der Waals surface area contributed by atoms with Crippen LogP contribution in [0.15, 0.2) is 12.1 Å². The van der Waals surface area contributed by atoms with Gasteiger partial charge in [-0.05, 0) is 36.8 Å². The van der Waals surface area contributed by atoms with Crippen LogP contribution in [-0.4, -0.2) is 35.4 Å². The predicted molar refractivity (Wildman–Crippen MR) is 148 cm³/mol. The normalized spacial score (nSPS) is 13.2. The van der Waals surface area contributed by atoms with Crippen LogP contribution in [-0.2, 0) is 9.47 Å². The number of thiophene rings is 2. The average molecular weight is 535 g/mol. The highest BCUT2D eigenvalue weighted by Gasteiger charge is 2.25. The van der Waals surface area contributed by atoms with Gasteiger partial charge in [-0.1, -0.05) is 66.2 Å². The molecule has 0 saturated heterocycles. The molecule has 2 atom stereocenters. The number of hydrogen-bond acceptors (Lipinski definition) is 8. The standard InChI is InChI=1S/C28H38O6S2/c1-5-9-11-17(7-3)15-33-27(31)25-23(29)19-13-22-20(14-21(19)35-25)24(30)26(36-22)28(32)34-16-18(8-4)12-10-6-2/h13-14,17-18,29-30H,5-12,15-16H2,1-4H3. The number of hydrogen-bond donors (Lipinski definition) is 2. The molecular formula is C28H38O6S2. The van der Waals surface area contributed by atoms with Crippen LogP contribution in [0.1, 0.15) is 98.4 Å². The van der Waals surface area contributed by atoms with Crippen LogP contribution in [0.2, 0.25) is 0 Å². The molecule has 36 heavy (non-hydrogen) atoms. The van der Waals surface area contributed by atoms with Gasteiger partial charge in [0.05, 0.1) is 13.2 Å². The SMILES string of the molecule is CCCCC(CC)COC(=O)c1sc2cc3c(O)c(C(=O)OCC(CC)CCCC)sc3cc2c1O. The fourth-order valence-corrected chi connectivity index (χ4v) is 6.27. The summed E-state index contributed by atoms with van der Waals surface area (Å²) in [5, 5.41) is 22.6. The summed E-state index contributed by atoms with van der Waals surface area (Å²) in [6, 6.07) is 3.42. The van der Waals surface area contributed by atoms with Crippen LogP contribution in [0.3, 0.4) is 0 Å². The van der Waals surface area contributed by atoms with Crippen molar-refractivity contribution in [2.45, 2.75) is 79.1 Å². The number of rotatable bonds is 14. The molecule has 0 spiro atoms. The third-order valence-electron chi connectivity index (χ3n) is 6.80. The van der Waals surface area contributed by atoms with Crippen LogP contribution in [0.4, 0.5) is 0 Å². The number of esters is 2. The summed E-state index contributed by atoms with van der Waals surface area (Å²) in [6.07, 6.45) is 8.28. The van der Waals surface area contributed by atoms with E-state index in [2.05, 4.69) is 27.7 Å². The lowest BCUT2D eigenvalue weighted by Gasteiger charge is -2.14. The van der Waals surface area contributed by atoms with Crippen LogP contribution < -0.4 is 0 Å². The summed E-state index contributed by atoms with van der Waals surface area (Å²) in [7, 11) is 0. The molecule has 0 aliphatic heterocycles. The van der Waals surface area contributed by atoms with Crippen molar-refractivity contribution in [2.75, 3.05) is 13.2 Å². The fourth-order valence-electron chi connectivity index (χ4n) is 4.25. The van der Waals surface area contributed by atoms with E-state index in [4.69, 9.17) is 9.47 Å². The third kappa shape index (κ3) is 6.51. The molecule has 0 aliphatic rings. The minimum absolute atomic E-state index is 0.123. The van der Waals surface area contributed by atoms with E-state index in [1.807, 2.05) is 0 Å². The Hall–Kier alpha value is -2.32. The van der Waals surface area contributed by atoms with E-state index in [0.29, 0.717) is 45.2 Å². The monoisotopic (exact) mass is 534 g/mol. The number of carbonyl (C=O) groups is 2. The van der Waals surface area contributed by atoms with Gasteiger partial charge in [0.25, 0.3) is 0 Å². The smallest absolute Gasteiger partial charge is 0.352 e. The second-order valence-corrected chi connectivity index (χ2v) is 11.5. The maximum absolute atomic E-state index is 12.7. The molecule has 8 heteroatoms. The molecule has 2 N–H and O–H groups in total. The van der Waals surface area contributed by atoms with Crippen molar-refractivity contribution in [1.29, 1.82) is 0 Å². The second kappa shape index (κ2) is 13.3. The molecule has 0 fully saturated rings. The predicted octanol–water partition coefficient (Wildman–Crippen LogP) is 8.27. The van der Waals surface area contributed by atoms with E-state index in [9.17, 15) is 19.8 Å². The molecular weight excluding hydrogens is 496 g/mol. The highest BCUT2D eigenvalue weighted by molar-refractivity contribution is 7.23. The first kappa shape index (κ1) is 28.3.